The lowest BCUT2D eigenvalue weighted by molar-refractivity contribution is -0.130. The van der Waals surface area contributed by atoms with E-state index in [1.807, 2.05) is 13.8 Å². The quantitative estimate of drug-likeness (QED) is 0.699. The normalized spacial score (nSPS) is 17.2. The fourth-order valence-electron chi connectivity index (χ4n) is 0.935. The van der Waals surface area contributed by atoms with Crippen LogP contribution in [0.25, 0.3) is 0 Å². The zero-order valence-electron chi connectivity index (χ0n) is 9.53. The first-order chi connectivity index (χ1) is 6.36. The molecule has 14 heavy (non-hydrogen) atoms. The molecule has 3 unspecified atom stereocenters. The lowest BCUT2D eigenvalue weighted by Gasteiger charge is -2.19. The Morgan fingerprint density at radius 2 is 1.93 bits per heavy atom. The largest absolute Gasteiger partial charge is 0.347 e. The Morgan fingerprint density at radius 3 is 2.29 bits per heavy atom. The van der Waals surface area contributed by atoms with Crippen molar-refractivity contribution in [1.29, 1.82) is 0 Å². The average Bonchev–Trinajstić information content (AvgIpc) is 2.11. The molecule has 0 radical (unpaired) electrons. The number of nitrogens with zero attached hydrogens (tertiary/aromatic N) is 1. The van der Waals surface area contributed by atoms with Gasteiger partial charge >= 0.3 is 0 Å². The van der Waals surface area contributed by atoms with Crippen molar-refractivity contribution in [3.05, 3.63) is 0 Å². The Labute approximate surface area is 88.5 Å². The maximum Gasteiger partial charge on any atom is 0.238 e. The molecule has 0 aromatic carbocycles. The van der Waals surface area contributed by atoms with Crippen molar-refractivity contribution >= 4 is 16.7 Å². The summed E-state index contributed by atoms with van der Waals surface area (Å²) in [6.45, 7) is 4.31. The molecule has 3 atom stereocenters. The zero-order valence-corrected chi connectivity index (χ0v) is 10.4. The van der Waals surface area contributed by atoms with Gasteiger partial charge in [-0.1, -0.05) is 0 Å². The molecule has 1 amide bonds. The van der Waals surface area contributed by atoms with E-state index < -0.39 is 10.8 Å². The van der Waals surface area contributed by atoms with E-state index in [9.17, 15) is 9.00 Å². The van der Waals surface area contributed by atoms with E-state index in [2.05, 4.69) is 5.32 Å². The first-order valence-electron chi connectivity index (χ1n) is 4.63. The van der Waals surface area contributed by atoms with E-state index in [0.29, 0.717) is 6.54 Å². The van der Waals surface area contributed by atoms with Crippen LogP contribution in [0.5, 0.6) is 0 Å². The summed E-state index contributed by atoms with van der Waals surface area (Å²) in [4.78, 5) is 13.0. The van der Waals surface area contributed by atoms with Gasteiger partial charge in [-0.25, -0.2) is 0 Å². The minimum Gasteiger partial charge on any atom is -0.347 e. The molecule has 0 saturated carbocycles. The Balaban J connectivity index is 3.90. The van der Waals surface area contributed by atoms with Crippen LogP contribution in [-0.2, 0) is 15.6 Å². The fraction of sp³-hybridized carbons (Fsp3) is 0.889. The first-order valence-corrected chi connectivity index (χ1v) is 6.25. The van der Waals surface area contributed by atoms with E-state index in [1.54, 1.807) is 25.3 Å². The van der Waals surface area contributed by atoms with Crippen LogP contribution in [0.4, 0.5) is 0 Å². The predicted octanol–water partition coefficient (Wildman–Crippen LogP) is -0.180. The molecule has 0 rings (SSSR count). The van der Waals surface area contributed by atoms with Crippen LogP contribution in [0.2, 0.25) is 0 Å². The number of rotatable bonds is 5. The van der Waals surface area contributed by atoms with Gasteiger partial charge in [0.15, 0.2) is 0 Å². The van der Waals surface area contributed by atoms with Crippen LogP contribution in [0.15, 0.2) is 0 Å². The van der Waals surface area contributed by atoms with Crippen molar-refractivity contribution < 1.29 is 9.00 Å². The van der Waals surface area contributed by atoms with Crippen molar-refractivity contribution in [3.8, 4) is 0 Å². The van der Waals surface area contributed by atoms with Crippen LogP contribution in [0.3, 0.4) is 0 Å². The van der Waals surface area contributed by atoms with Gasteiger partial charge in [-0.2, -0.15) is 0 Å². The number of carbonyl (C=O) groups is 1. The molecule has 5 heteroatoms. The highest BCUT2D eigenvalue weighted by atomic mass is 32.2. The number of nitrogens with one attached hydrogen (secondary N) is 1. The third kappa shape index (κ3) is 4.72. The van der Waals surface area contributed by atoms with E-state index >= 15 is 0 Å². The Hall–Kier alpha value is -0.420. The number of hydrogen-bond acceptors (Lipinski definition) is 3. The summed E-state index contributed by atoms with van der Waals surface area (Å²) in [6.07, 6.45) is 1.67. The van der Waals surface area contributed by atoms with Crippen LogP contribution in [-0.4, -0.2) is 53.2 Å². The smallest absolute Gasteiger partial charge is 0.238 e. The molecule has 0 spiro atoms. The summed E-state index contributed by atoms with van der Waals surface area (Å²) >= 11 is 0. The molecule has 0 aliphatic carbocycles. The molecule has 4 nitrogen and oxygen atoms in total. The lowest BCUT2D eigenvalue weighted by Crippen LogP contribution is -2.44. The van der Waals surface area contributed by atoms with Crippen LogP contribution in [0.1, 0.15) is 13.8 Å². The lowest BCUT2D eigenvalue weighted by atomic mass is 10.3. The highest BCUT2D eigenvalue weighted by molar-refractivity contribution is 7.84. The van der Waals surface area contributed by atoms with Crippen LogP contribution in [0, 0.1) is 0 Å². The second-order valence-corrected chi connectivity index (χ2v) is 5.47. The number of carbonyl (C=O) groups excluding carboxylic acids is 1. The third-order valence-corrected chi connectivity index (χ3v) is 3.39. The van der Waals surface area contributed by atoms with E-state index in [0.717, 1.165) is 0 Å². The van der Waals surface area contributed by atoms with Gasteiger partial charge < -0.3 is 10.2 Å². The summed E-state index contributed by atoms with van der Waals surface area (Å²) < 4.78 is 11.0. The van der Waals surface area contributed by atoms with Crippen molar-refractivity contribution in [2.24, 2.45) is 0 Å². The van der Waals surface area contributed by atoms with Gasteiger partial charge in [0.1, 0.15) is 0 Å². The molecule has 0 aromatic heterocycles. The highest BCUT2D eigenvalue weighted by Gasteiger charge is 2.15. The second kappa shape index (κ2) is 6.14. The van der Waals surface area contributed by atoms with Gasteiger partial charge in [-0.15, -0.1) is 0 Å². The summed E-state index contributed by atoms with van der Waals surface area (Å²) in [5, 5.41) is 3.14. The number of amides is 1. The fourth-order valence-corrected chi connectivity index (χ4v) is 1.27. The van der Waals surface area contributed by atoms with Gasteiger partial charge in [0.25, 0.3) is 0 Å². The molecule has 0 aliphatic heterocycles. The van der Waals surface area contributed by atoms with Gasteiger partial charge in [0.2, 0.25) is 5.91 Å². The molecule has 0 bridgehead atoms. The summed E-state index contributed by atoms with van der Waals surface area (Å²) in [5.41, 5.74) is 0. The Kier molecular flexibility index (Phi) is 5.95. The van der Waals surface area contributed by atoms with Gasteiger partial charge in [-0.05, 0) is 13.8 Å². The molecular weight excluding hydrogens is 200 g/mol. The van der Waals surface area contributed by atoms with Gasteiger partial charge in [0, 0.05) is 42.9 Å². The highest BCUT2D eigenvalue weighted by Crippen LogP contribution is 1.93. The summed E-state index contributed by atoms with van der Waals surface area (Å²) in [5.74, 6) is 0.0408. The standard InChI is InChI=1S/C9H20N2O2S/c1-7(14(5)13)6-10-8(2)9(12)11(3)4/h7-8,10H,6H2,1-5H3. The topological polar surface area (TPSA) is 49.4 Å². The Morgan fingerprint density at radius 1 is 1.43 bits per heavy atom. The van der Waals surface area contributed by atoms with Crippen LogP contribution < -0.4 is 5.32 Å². The predicted molar refractivity (Wildman–Crippen MR) is 59.7 cm³/mol. The van der Waals surface area contributed by atoms with E-state index in [1.165, 1.54) is 0 Å². The molecule has 0 fully saturated rings. The van der Waals surface area contributed by atoms with E-state index in [4.69, 9.17) is 0 Å². The van der Waals surface area contributed by atoms with Gasteiger partial charge in [0.05, 0.1) is 6.04 Å². The van der Waals surface area contributed by atoms with Crippen molar-refractivity contribution in [2.45, 2.75) is 25.1 Å². The molecule has 0 aliphatic rings. The first kappa shape index (κ1) is 13.6. The molecule has 0 saturated heterocycles. The number of likely N-dealkylation sites (N-methyl/N-ethyl adjacent to an activating group) is 1. The Bertz CT molecular complexity index is 219. The molecule has 0 aromatic rings. The summed E-state index contributed by atoms with van der Waals surface area (Å²) in [7, 11) is 2.61. The molecule has 1 N–H and O–H groups in total. The summed E-state index contributed by atoms with van der Waals surface area (Å²) in [6, 6.07) is -0.212. The second-order valence-electron chi connectivity index (χ2n) is 3.67. The molecule has 84 valence electrons. The van der Waals surface area contributed by atoms with Crippen molar-refractivity contribution in [1.82, 2.24) is 10.2 Å². The number of hydrogen-bond donors (Lipinski definition) is 1. The van der Waals surface area contributed by atoms with Crippen molar-refractivity contribution in [2.75, 3.05) is 26.9 Å². The van der Waals surface area contributed by atoms with Crippen molar-refractivity contribution in [3.63, 3.8) is 0 Å². The maximum absolute atomic E-state index is 11.4. The maximum atomic E-state index is 11.4. The monoisotopic (exact) mass is 220 g/mol. The molecular formula is C9H20N2O2S. The van der Waals surface area contributed by atoms with E-state index in [-0.39, 0.29) is 17.2 Å². The third-order valence-electron chi connectivity index (χ3n) is 2.09. The molecule has 0 heterocycles. The SMILES string of the molecule is CC(NCC(C)S(C)=O)C(=O)N(C)C. The van der Waals surface area contributed by atoms with Crippen LogP contribution >= 0.6 is 0 Å². The average molecular weight is 220 g/mol. The van der Waals surface area contributed by atoms with Gasteiger partial charge in [-0.3, -0.25) is 9.00 Å². The minimum atomic E-state index is -0.838. The minimum absolute atomic E-state index is 0.0408. The zero-order chi connectivity index (χ0) is 11.3.